The molecule has 32 heavy (non-hydrogen) atoms. The molecule has 1 aliphatic rings. The Balaban J connectivity index is 1.77. The number of rotatable bonds is 5. The van der Waals surface area contributed by atoms with Crippen molar-refractivity contribution in [3.05, 3.63) is 56.4 Å². The molecule has 0 saturated carbocycles. The summed E-state index contributed by atoms with van der Waals surface area (Å²) in [6.07, 6.45) is 0.514. The molecule has 4 rings (SSSR count). The van der Waals surface area contributed by atoms with Gasteiger partial charge in [0.2, 0.25) is 0 Å². The second-order valence-corrected chi connectivity index (χ2v) is 7.82. The Kier molecular flexibility index (Phi) is 5.46. The molecule has 2 heterocycles. The van der Waals surface area contributed by atoms with Gasteiger partial charge in [0.05, 0.1) is 38.5 Å². The van der Waals surface area contributed by atoms with Crippen LogP contribution >= 0.6 is 0 Å². The van der Waals surface area contributed by atoms with Crippen LogP contribution in [0.4, 0.5) is 0 Å². The van der Waals surface area contributed by atoms with Crippen molar-refractivity contribution in [1.29, 1.82) is 0 Å². The largest absolute Gasteiger partial charge is 0.506 e. The van der Waals surface area contributed by atoms with Gasteiger partial charge in [0, 0.05) is 29.2 Å². The van der Waals surface area contributed by atoms with Gasteiger partial charge in [-0.05, 0) is 44.0 Å². The van der Waals surface area contributed by atoms with Crippen LogP contribution in [0.25, 0.3) is 11.0 Å². The van der Waals surface area contributed by atoms with E-state index in [1.54, 1.807) is 47.3 Å². The molecular weight excluding hydrogens is 412 g/mol. The average molecular weight is 438 g/mol. The standard InChI is InChI=1S/C24H26N2O6/c1-11-7-20-22(12(2)13(3)24(28)32-20)23(27)21(11)16-9-15(25-26-16)14-8-18(30-5)19(31-6)10-17(14)29-4/h7-8,10,15,25,27H,9H2,1-6H3/t15-/m0/s1. The van der Waals surface area contributed by atoms with Crippen molar-refractivity contribution in [3.63, 3.8) is 0 Å². The molecule has 0 fully saturated rings. The first-order chi connectivity index (χ1) is 15.3. The molecule has 0 unspecified atom stereocenters. The lowest BCUT2D eigenvalue weighted by molar-refractivity contribution is 0.345. The number of aryl methyl sites for hydroxylation is 2. The monoisotopic (exact) mass is 438 g/mol. The highest BCUT2D eigenvalue weighted by molar-refractivity contribution is 6.09. The average Bonchev–Trinajstić information content (AvgIpc) is 3.25. The lowest BCUT2D eigenvalue weighted by atomic mass is 9.92. The summed E-state index contributed by atoms with van der Waals surface area (Å²) < 4.78 is 21.8. The number of aromatic hydroxyl groups is 1. The highest BCUT2D eigenvalue weighted by Crippen LogP contribution is 2.42. The van der Waals surface area contributed by atoms with Gasteiger partial charge in [-0.25, -0.2) is 4.79 Å². The minimum atomic E-state index is -0.401. The molecular formula is C24H26N2O6. The maximum Gasteiger partial charge on any atom is 0.339 e. The van der Waals surface area contributed by atoms with Crippen LogP contribution in [0.3, 0.4) is 0 Å². The van der Waals surface area contributed by atoms with Crippen molar-refractivity contribution < 1.29 is 23.7 Å². The second kappa shape index (κ2) is 8.11. The molecule has 0 bridgehead atoms. The molecule has 0 radical (unpaired) electrons. The summed E-state index contributed by atoms with van der Waals surface area (Å²) in [5, 5.41) is 16.2. The molecule has 2 N–H and O–H groups in total. The molecule has 3 aromatic rings. The Morgan fingerprint density at radius 2 is 1.66 bits per heavy atom. The minimum Gasteiger partial charge on any atom is -0.506 e. The van der Waals surface area contributed by atoms with Crippen molar-refractivity contribution in [2.75, 3.05) is 21.3 Å². The van der Waals surface area contributed by atoms with E-state index in [1.807, 2.05) is 13.0 Å². The number of nitrogens with one attached hydrogen (secondary N) is 1. The number of phenols is 1. The lowest BCUT2D eigenvalue weighted by Crippen LogP contribution is -2.12. The highest BCUT2D eigenvalue weighted by atomic mass is 16.5. The number of methoxy groups -OCH3 is 3. The second-order valence-electron chi connectivity index (χ2n) is 7.82. The number of fused-ring (bicyclic) bond motifs is 1. The quantitative estimate of drug-likeness (QED) is 0.583. The van der Waals surface area contributed by atoms with Crippen molar-refractivity contribution >= 4 is 16.7 Å². The number of hydrogen-bond donors (Lipinski definition) is 2. The molecule has 8 heteroatoms. The van der Waals surface area contributed by atoms with Gasteiger partial charge >= 0.3 is 5.63 Å². The smallest absolute Gasteiger partial charge is 0.339 e. The van der Waals surface area contributed by atoms with E-state index >= 15 is 0 Å². The zero-order chi connectivity index (χ0) is 23.2. The predicted molar refractivity (Wildman–Crippen MR) is 121 cm³/mol. The Morgan fingerprint density at radius 3 is 2.31 bits per heavy atom. The van der Waals surface area contributed by atoms with Gasteiger partial charge in [-0.2, -0.15) is 5.10 Å². The fourth-order valence-corrected chi connectivity index (χ4v) is 4.20. The normalized spacial score (nSPS) is 15.4. The van der Waals surface area contributed by atoms with Gasteiger partial charge in [-0.15, -0.1) is 0 Å². The SMILES string of the molecule is COc1cc(OC)c([C@@H]2CC(c3c(C)cc4oc(=O)c(C)c(C)c4c3O)=NN2)cc1OC. The fraction of sp³-hybridized carbons (Fsp3) is 0.333. The third-order valence-corrected chi connectivity index (χ3v) is 6.06. The predicted octanol–water partition coefficient (Wildman–Crippen LogP) is 3.89. The van der Waals surface area contributed by atoms with Crippen molar-refractivity contribution in [1.82, 2.24) is 5.43 Å². The first-order valence-corrected chi connectivity index (χ1v) is 10.2. The van der Waals surface area contributed by atoms with Gasteiger partial charge in [0.25, 0.3) is 0 Å². The molecule has 2 aromatic carbocycles. The van der Waals surface area contributed by atoms with Crippen LogP contribution in [0.5, 0.6) is 23.0 Å². The van der Waals surface area contributed by atoms with Crippen LogP contribution in [0.2, 0.25) is 0 Å². The zero-order valence-corrected chi connectivity index (χ0v) is 19.0. The zero-order valence-electron chi connectivity index (χ0n) is 19.0. The van der Waals surface area contributed by atoms with Gasteiger partial charge < -0.3 is 29.2 Å². The van der Waals surface area contributed by atoms with Crippen LogP contribution in [0, 0.1) is 20.8 Å². The number of nitrogens with zero attached hydrogens (tertiary/aromatic N) is 1. The van der Waals surface area contributed by atoms with Crippen LogP contribution in [-0.4, -0.2) is 32.1 Å². The first-order valence-electron chi connectivity index (χ1n) is 10.2. The van der Waals surface area contributed by atoms with E-state index < -0.39 is 5.63 Å². The molecule has 0 spiro atoms. The third-order valence-electron chi connectivity index (χ3n) is 6.06. The van der Waals surface area contributed by atoms with E-state index in [0.29, 0.717) is 57.0 Å². The molecule has 1 aromatic heterocycles. The van der Waals surface area contributed by atoms with E-state index in [1.165, 1.54) is 0 Å². The van der Waals surface area contributed by atoms with Crippen molar-refractivity contribution in [2.45, 2.75) is 33.2 Å². The summed E-state index contributed by atoms with van der Waals surface area (Å²) in [5.74, 6) is 1.86. The molecule has 8 nitrogen and oxygen atoms in total. The molecule has 0 saturated heterocycles. The molecule has 1 atom stereocenters. The summed E-state index contributed by atoms with van der Waals surface area (Å²) >= 11 is 0. The minimum absolute atomic E-state index is 0.0600. The molecule has 168 valence electrons. The summed E-state index contributed by atoms with van der Waals surface area (Å²) in [6.45, 7) is 5.35. The number of benzene rings is 2. The van der Waals surface area contributed by atoms with Gasteiger partial charge in [-0.3, -0.25) is 0 Å². The molecule has 0 aliphatic carbocycles. The number of hydrogen-bond acceptors (Lipinski definition) is 8. The van der Waals surface area contributed by atoms with Crippen LogP contribution < -0.4 is 25.3 Å². The maximum absolute atomic E-state index is 12.1. The van der Waals surface area contributed by atoms with E-state index in [2.05, 4.69) is 10.5 Å². The van der Waals surface area contributed by atoms with Gasteiger partial charge in [0.15, 0.2) is 11.5 Å². The van der Waals surface area contributed by atoms with Gasteiger partial charge in [-0.1, -0.05) is 0 Å². The van der Waals surface area contributed by atoms with E-state index in [-0.39, 0.29) is 11.8 Å². The third kappa shape index (κ3) is 3.32. The summed E-state index contributed by atoms with van der Waals surface area (Å²) in [7, 11) is 4.75. The number of phenolic OH excluding ortho intramolecular Hbond substituents is 1. The van der Waals surface area contributed by atoms with E-state index in [9.17, 15) is 9.90 Å². The van der Waals surface area contributed by atoms with Crippen molar-refractivity contribution in [3.8, 4) is 23.0 Å². The topological polar surface area (TPSA) is 103 Å². The molecule has 0 amide bonds. The summed E-state index contributed by atoms with van der Waals surface area (Å²) in [6, 6.07) is 5.22. The van der Waals surface area contributed by atoms with E-state index in [4.69, 9.17) is 18.6 Å². The maximum atomic E-state index is 12.1. The molecule has 1 aliphatic heterocycles. The fourth-order valence-electron chi connectivity index (χ4n) is 4.20. The Bertz CT molecular complexity index is 1310. The Morgan fingerprint density at radius 1 is 1.00 bits per heavy atom. The summed E-state index contributed by atoms with van der Waals surface area (Å²) in [4.78, 5) is 12.1. The lowest BCUT2D eigenvalue weighted by Gasteiger charge is -2.18. The first kappa shape index (κ1) is 21.5. The van der Waals surface area contributed by atoms with Gasteiger partial charge in [0.1, 0.15) is 17.1 Å². The van der Waals surface area contributed by atoms with Crippen LogP contribution in [-0.2, 0) is 0 Å². The number of hydrazone groups is 1. The summed E-state index contributed by atoms with van der Waals surface area (Å²) in [5.41, 5.74) is 7.24. The van der Waals surface area contributed by atoms with E-state index in [0.717, 1.165) is 11.1 Å². The Labute approximate surface area is 185 Å². The van der Waals surface area contributed by atoms with Crippen LogP contribution in [0.1, 0.15) is 40.3 Å². The van der Waals surface area contributed by atoms with Crippen molar-refractivity contribution in [2.24, 2.45) is 5.10 Å². The highest BCUT2D eigenvalue weighted by Gasteiger charge is 2.29. The number of ether oxygens (including phenoxy) is 3. The van der Waals surface area contributed by atoms with Crippen LogP contribution in [0.15, 0.2) is 32.5 Å². The Hall–Kier alpha value is -3.68.